The molecule has 0 atom stereocenters. The molecule has 2 amide bonds. The molecule has 2 rings (SSSR count). The molecule has 6 nitrogen and oxygen atoms in total. The van der Waals surface area contributed by atoms with Crippen LogP contribution in [-0.2, 0) is 4.79 Å². The Morgan fingerprint density at radius 3 is 2.76 bits per heavy atom. The average Bonchev–Trinajstić information content (AvgIpc) is 2.61. The maximum absolute atomic E-state index is 13.1. The van der Waals surface area contributed by atoms with Gasteiger partial charge in [0.05, 0.1) is 19.4 Å². The lowest BCUT2D eigenvalue weighted by atomic mass is 10.2. The summed E-state index contributed by atoms with van der Waals surface area (Å²) in [7, 11) is 0. The van der Waals surface area contributed by atoms with Gasteiger partial charge in [0.1, 0.15) is 11.6 Å². The largest absolute Gasteiger partial charge is 0.493 e. The van der Waals surface area contributed by atoms with E-state index in [-0.39, 0.29) is 12.1 Å². The van der Waals surface area contributed by atoms with Gasteiger partial charge >= 0.3 is 0 Å². The average molecular weight is 343 g/mol. The van der Waals surface area contributed by atoms with E-state index in [1.165, 1.54) is 24.4 Å². The zero-order chi connectivity index (χ0) is 18.1. The number of rotatable bonds is 7. The smallest absolute Gasteiger partial charge is 0.259 e. The zero-order valence-electron chi connectivity index (χ0n) is 13.7. The molecule has 0 saturated carbocycles. The van der Waals surface area contributed by atoms with Crippen molar-refractivity contribution in [1.29, 1.82) is 0 Å². The minimum Gasteiger partial charge on any atom is -0.493 e. The third-order valence-electron chi connectivity index (χ3n) is 3.11. The molecular weight excluding hydrogens is 325 g/mol. The zero-order valence-corrected chi connectivity index (χ0v) is 13.7. The van der Waals surface area contributed by atoms with Crippen LogP contribution in [0.1, 0.15) is 22.8 Å². The minimum absolute atomic E-state index is 0.141. The quantitative estimate of drug-likeness (QED) is 0.597. The molecule has 0 bridgehead atoms. The summed E-state index contributed by atoms with van der Waals surface area (Å²) in [5.74, 6) is -0.910. The highest BCUT2D eigenvalue weighted by atomic mass is 19.1. The first-order chi connectivity index (χ1) is 12.1. The Balaban J connectivity index is 1.84. The maximum Gasteiger partial charge on any atom is 0.259 e. The van der Waals surface area contributed by atoms with Gasteiger partial charge in [-0.2, -0.15) is 5.10 Å². The Kier molecular flexibility index (Phi) is 6.65. The number of amides is 2. The number of nitrogens with zero attached hydrogens (tertiary/aromatic N) is 1. The van der Waals surface area contributed by atoms with Gasteiger partial charge < -0.3 is 10.1 Å². The molecule has 0 aliphatic heterocycles. The Labute approximate surface area is 144 Å². The number of carbonyl (C=O) groups excluding carboxylic acids is 2. The Morgan fingerprint density at radius 1 is 1.20 bits per heavy atom. The predicted octanol–water partition coefficient (Wildman–Crippen LogP) is 2.10. The second kappa shape index (κ2) is 9.17. The molecule has 0 fully saturated rings. The standard InChI is InChI=1S/C18H18FN3O3/c1-2-25-16-9-4-3-6-14(16)11-21-22-17(23)12-20-18(24)13-7-5-8-15(19)10-13/h3-11H,2,12H2,1H3,(H,20,24)(H,22,23)/b21-11-. The normalized spacial score (nSPS) is 10.5. The van der Waals surface area contributed by atoms with Crippen molar-refractivity contribution in [1.82, 2.24) is 10.7 Å². The van der Waals surface area contributed by atoms with Crippen LogP contribution in [-0.4, -0.2) is 31.2 Å². The molecule has 0 aliphatic carbocycles. The van der Waals surface area contributed by atoms with Crippen LogP contribution in [0.4, 0.5) is 4.39 Å². The molecule has 130 valence electrons. The lowest BCUT2D eigenvalue weighted by Gasteiger charge is -2.06. The van der Waals surface area contributed by atoms with Gasteiger partial charge in [0.25, 0.3) is 11.8 Å². The first-order valence-electron chi connectivity index (χ1n) is 7.67. The fourth-order valence-corrected chi connectivity index (χ4v) is 1.98. The van der Waals surface area contributed by atoms with Crippen LogP contribution in [0.3, 0.4) is 0 Å². The number of ether oxygens (including phenoxy) is 1. The third kappa shape index (κ3) is 5.72. The summed E-state index contributed by atoms with van der Waals surface area (Å²) in [6.45, 7) is 2.11. The van der Waals surface area contributed by atoms with Crippen LogP contribution < -0.4 is 15.5 Å². The summed E-state index contributed by atoms with van der Waals surface area (Å²) in [5.41, 5.74) is 3.16. The van der Waals surface area contributed by atoms with Crippen LogP contribution in [0, 0.1) is 5.82 Å². The number of halogens is 1. The molecule has 0 aromatic heterocycles. The molecule has 0 radical (unpaired) electrons. The molecule has 2 aromatic carbocycles. The van der Waals surface area contributed by atoms with Crippen LogP contribution >= 0.6 is 0 Å². The van der Waals surface area contributed by atoms with E-state index in [0.717, 1.165) is 6.07 Å². The molecule has 2 N–H and O–H groups in total. The topological polar surface area (TPSA) is 79.8 Å². The molecule has 0 spiro atoms. The maximum atomic E-state index is 13.1. The van der Waals surface area contributed by atoms with Crippen LogP contribution in [0.2, 0.25) is 0 Å². The minimum atomic E-state index is -0.541. The molecule has 25 heavy (non-hydrogen) atoms. The summed E-state index contributed by atoms with van der Waals surface area (Å²) >= 11 is 0. The fraction of sp³-hybridized carbons (Fsp3) is 0.167. The fourth-order valence-electron chi connectivity index (χ4n) is 1.98. The number of nitrogens with one attached hydrogen (secondary N) is 2. The summed E-state index contributed by atoms with van der Waals surface area (Å²) < 4.78 is 18.5. The second-order valence-corrected chi connectivity index (χ2v) is 4.96. The van der Waals surface area contributed by atoms with E-state index in [1.54, 1.807) is 12.1 Å². The molecule has 0 aliphatic rings. The first kappa shape index (κ1) is 18.1. The van der Waals surface area contributed by atoms with Gasteiger partial charge in [-0.3, -0.25) is 9.59 Å². The summed E-state index contributed by atoms with van der Waals surface area (Å²) in [6, 6.07) is 12.5. The lowest BCUT2D eigenvalue weighted by Crippen LogP contribution is -2.34. The Morgan fingerprint density at radius 2 is 2.00 bits per heavy atom. The monoisotopic (exact) mass is 343 g/mol. The summed E-state index contributed by atoms with van der Waals surface area (Å²) in [4.78, 5) is 23.5. The van der Waals surface area contributed by atoms with Crippen molar-refractivity contribution in [2.75, 3.05) is 13.2 Å². The number of hydrogen-bond donors (Lipinski definition) is 2. The van der Waals surface area contributed by atoms with Gasteiger partial charge in [0.2, 0.25) is 0 Å². The number of benzene rings is 2. The van der Waals surface area contributed by atoms with Crippen molar-refractivity contribution < 1.29 is 18.7 Å². The third-order valence-corrected chi connectivity index (χ3v) is 3.11. The van der Waals surface area contributed by atoms with Gasteiger partial charge in [-0.05, 0) is 37.3 Å². The molecule has 2 aromatic rings. The van der Waals surface area contributed by atoms with E-state index in [4.69, 9.17) is 4.74 Å². The molecule has 0 heterocycles. The number of para-hydroxylation sites is 1. The highest BCUT2D eigenvalue weighted by Gasteiger charge is 2.08. The van der Waals surface area contributed by atoms with E-state index in [1.807, 2.05) is 19.1 Å². The van der Waals surface area contributed by atoms with Crippen molar-refractivity contribution in [3.05, 3.63) is 65.5 Å². The molecule has 0 unspecified atom stereocenters. The number of carbonyl (C=O) groups is 2. The van der Waals surface area contributed by atoms with Crippen LogP contribution in [0.5, 0.6) is 5.75 Å². The van der Waals surface area contributed by atoms with Crippen molar-refractivity contribution in [3.63, 3.8) is 0 Å². The van der Waals surface area contributed by atoms with Gasteiger partial charge in [-0.25, -0.2) is 9.82 Å². The van der Waals surface area contributed by atoms with Crippen molar-refractivity contribution >= 4 is 18.0 Å². The highest BCUT2D eigenvalue weighted by molar-refractivity contribution is 5.96. The molecule has 7 heteroatoms. The SMILES string of the molecule is CCOc1ccccc1/C=N\NC(=O)CNC(=O)c1cccc(F)c1. The van der Waals surface area contributed by atoms with Gasteiger partial charge in [0, 0.05) is 11.1 Å². The number of hydrazone groups is 1. The van der Waals surface area contributed by atoms with Crippen molar-refractivity contribution in [2.45, 2.75) is 6.92 Å². The molecular formula is C18H18FN3O3. The van der Waals surface area contributed by atoms with Gasteiger partial charge in [-0.1, -0.05) is 18.2 Å². The van der Waals surface area contributed by atoms with E-state index in [2.05, 4.69) is 15.8 Å². The van der Waals surface area contributed by atoms with Gasteiger partial charge in [0.15, 0.2) is 0 Å². The van der Waals surface area contributed by atoms with Crippen LogP contribution in [0.15, 0.2) is 53.6 Å². The highest BCUT2D eigenvalue weighted by Crippen LogP contribution is 2.15. The number of hydrogen-bond acceptors (Lipinski definition) is 4. The second-order valence-electron chi connectivity index (χ2n) is 4.96. The van der Waals surface area contributed by atoms with Crippen molar-refractivity contribution in [3.8, 4) is 5.75 Å². The molecule has 0 saturated heterocycles. The first-order valence-corrected chi connectivity index (χ1v) is 7.67. The van der Waals surface area contributed by atoms with Crippen molar-refractivity contribution in [2.24, 2.45) is 5.10 Å². The van der Waals surface area contributed by atoms with Crippen LogP contribution in [0.25, 0.3) is 0 Å². The van der Waals surface area contributed by atoms with Gasteiger partial charge in [-0.15, -0.1) is 0 Å². The summed E-state index contributed by atoms with van der Waals surface area (Å²) in [6.07, 6.45) is 1.46. The Hall–Kier alpha value is -3.22. The van der Waals surface area contributed by atoms with E-state index in [0.29, 0.717) is 17.9 Å². The predicted molar refractivity (Wildman–Crippen MR) is 92.1 cm³/mol. The lowest BCUT2D eigenvalue weighted by molar-refractivity contribution is -0.120. The van der Waals surface area contributed by atoms with E-state index < -0.39 is 17.6 Å². The summed E-state index contributed by atoms with van der Waals surface area (Å²) in [5, 5.41) is 6.22. The van der Waals surface area contributed by atoms with E-state index in [9.17, 15) is 14.0 Å². The Bertz CT molecular complexity index is 778. The van der Waals surface area contributed by atoms with E-state index >= 15 is 0 Å².